The quantitative estimate of drug-likeness (QED) is 0.810. The van der Waals surface area contributed by atoms with Gasteiger partial charge < -0.3 is 5.32 Å². The van der Waals surface area contributed by atoms with Crippen LogP contribution < -0.4 is 5.32 Å². The Morgan fingerprint density at radius 2 is 1.76 bits per heavy atom. The van der Waals surface area contributed by atoms with Crippen molar-refractivity contribution in [3.05, 3.63) is 12.8 Å². The van der Waals surface area contributed by atoms with Crippen molar-refractivity contribution in [1.82, 2.24) is 10.2 Å². The van der Waals surface area contributed by atoms with Gasteiger partial charge in [0.2, 0.25) is 0 Å². The van der Waals surface area contributed by atoms with Gasteiger partial charge in [-0.3, -0.25) is 4.90 Å². The zero-order chi connectivity index (χ0) is 12.3. The van der Waals surface area contributed by atoms with Gasteiger partial charge in [-0.15, -0.1) is 0 Å². The number of piperidine rings is 1. The van der Waals surface area contributed by atoms with Crippen LogP contribution in [0.3, 0.4) is 0 Å². The van der Waals surface area contributed by atoms with Gasteiger partial charge in [0.1, 0.15) is 0 Å². The topological polar surface area (TPSA) is 15.3 Å². The van der Waals surface area contributed by atoms with Crippen molar-refractivity contribution in [2.45, 2.75) is 64.0 Å². The summed E-state index contributed by atoms with van der Waals surface area (Å²) in [5.74, 6) is 0.947. The molecule has 1 aliphatic carbocycles. The molecule has 0 aromatic rings. The molecule has 98 valence electrons. The van der Waals surface area contributed by atoms with Crippen LogP contribution in [0.2, 0.25) is 0 Å². The van der Waals surface area contributed by atoms with Crippen LogP contribution in [0.15, 0.2) is 12.8 Å². The minimum atomic E-state index is 0.492. The molecular formula is C15H28N2. The van der Waals surface area contributed by atoms with Crippen LogP contribution in [-0.2, 0) is 0 Å². The molecule has 17 heavy (non-hydrogen) atoms. The number of hydrogen-bond donors (Lipinski definition) is 1. The van der Waals surface area contributed by atoms with Gasteiger partial charge in [-0.25, -0.2) is 0 Å². The van der Waals surface area contributed by atoms with Crippen LogP contribution in [0.1, 0.15) is 52.4 Å². The fourth-order valence-electron chi connectivity index (χ4n) is 3.45. The van der Waals surface area contributed by atoms with Gasteiger partial charge in [0.25, 0.3) is 0 Å². The first-order valence-corrected chi connectivity index (χ1v) is 7.26. The monoisotopic (exact) mass is 236 g/mol. The highest BCUT2D eigenvalue weighted by Crippen LogP contribution is 2.37. The van der Waals surface area contributed by atoms with Gasteiger partial charge in [-0.05, 0) is 57.6 Å². The average molecular weight is 236 g/mol. The third-order valence-corrected chi connectivity index (χ3v) is 4.96. The van der Waals surface area contributed by atoms with Crippen molar-refractivity contribution in [2.75, 3.05) is 13.1 Å². The third kappa shape index (κ3) is 3.04. The minimum absolute atomic E-state index is 0.492. The summed E-state index contributed by atoms with van der Waals surface area (Å²) in [5, 5.41) is 3.36. The first-order chi connectivity index (χ1) is 8.14. The molecule has 1 aliphatic heterocycles. The smallest absolute Gasteiger partial charge is 0.0279 e. The molecule has 2 heteroatoms. The van der Waals surface area contributed by atoms with Gasteiger partial charge in [0.15, 0.2) is 0 Å². The zero-order valence-electron chi connectivity index (χ0n) is 11.5. The lowest BCUT2D eigenvalue weighted by Crippen LogP contribution is -2.53. The van der Waals surface area contributed by atoms with Crippen LogP contribution in [-0.4, -0.2) is 29.6 Å². The SMILES string of the molecule is C=CNC1CCN(C2(C)CCC(C)CC2)CC1. The van der Waals surface area contributed by atoms with E-state index in [-0.39, 0.29) is 0 Å². The number of hydrogen-bond acceptors (Lipinski definition) is 2. The van der Waals surface area contributed by atoms with Gasteiger partial charge in [-0.1, -0.05) is 13.5 Å². The largest absolute Gasteiger partial charge is 0.389 e. The van der Waals surface area contributed by atoms with Crippen LogP contribution in [0.5, 0.6) is 0 Å². The Labute approximate surface area is 106 Å². The molecule has 1 heterocycles. The lowest BCUT2D eigenvalue weighted by Gasteiger charge is -2.48. The molecule has 1 saturated heterocycles. The second-order valence-corrected chi connectivity index (χ2v) is 6.31. The van der Waals surface area contributed by atoms with Crippen molar-refractivity contribution in [1.29, 1.82) is 0 Å². The molecule has 0 unspecified atom stereocenters. The van der Waals surface area contributed by atoms with Crippen molar-refractivity contribution >= 4 is 0 Å². The average Bonchev–Trinajstić information content (AvgIpc) is 2.35. The predicted octanol–water partition coefficient (Wildman–Crippen LogP) is 3.15. The molecule has 0 radical (unpaired) electrons. The van der Waals surface area contributed by atoms with Crippen molar-refractivity contribution in [3.8, 4) is 0 Å². The Morgan fingerprint density at radius 3 is 2.29 bits per heavy atom. The van der Waals surface area contributed by atoms with E-state index in [0.29, 0.717) is 11.6 Å². The van der Waals surface area contributed by atoms with Crippen LogP contribution in [0, 0.1) is 5.92 Å². The standard InChI is InChI=1S/C15H28N2/c1-4-16-14-7-11-17(12-8-14)15(3)9-5-13(2)6-10-15/h4,13-14,16H,1,5-12H2,2-3H3. The van der Waals surface area contributed by atoms with Gasteiger partial charge in [0.05, 0.1) is 0 Å². The molecule has 2 rings (SSSR count). The maximum atomic E-state index is 3.76. The van der Waals surface area contributed by atoms with E-state index in [2.05, 4.69) is 30.6 Å². The molecule has 2 nitrogen and oxygen atoms in total. The van der Waals surface area contributed by atoms with E-state index in [4.69, 9.17) is 0 Å². The van der Waals surface area contributed by atoms with Gasteiger partial charge in [0, 0.05) is 24.7 Å². The summed E-state index contributed by atoms with van der Waals surface area (Å²) in [6.45, 7) is 11.2. The van der Waals surface area contributed by atoms with Crippen molar-refractivity contribution in [3.63, 3.8) is 0 Å². The first-order valence-electron chi connectivity index (χ1n) is 7.26. The van der Waals surface area contributed by atoms with E-state index >= 15 is 0 Å². The fraction of sp³-hybridized carbons (Fsp3) is 0.867. The molecule has 1 N–H and O–H groups in total. The Kier molecular flexibility index (Phi) is 4.13. The van der Waals surface area contributed by atoms with Gasteiger partial charge in [-0.2, -0.15) is 0 Å². The van der Waals surface area contributed by atoms with Crippen molar-refractivity contribution in [2.24, 2.45) is 5.92 Å². The molecule has 1 saturated carbocycles. The first kappa shape index (κ1) is 12.9. The van der Waals surface area contributed by atoms with Crippen LogP contribution >= 0.6 is 0 Å². The van der Waals surface area contributed by atoms with Gasteiger partial charge >= 0.3 is 0 Å². The highest BCUT2D eigenvalue weighted by atomic mass is 15.2. The summed E-state index contributed by atoms with van der Waals surface area (Å²) < 4.78 is 0. The summed E-state index contributed by atoms with van der Waals surface area (Å²) in [6.07, 6.45) is 10.0. The van der Waals surface area contributed by atoms with E-state index in [1.54, 1.807) is 0 Å². The van der Waals surface area contributed by atoms with Crippen LogP contribution in [0.4, 0.5) is 0 Å². The molecule has 2 fully saturated rings. The summed E-state index contributed by atoms with van der Waals surface area (Å²) >= 11 is 0. The maximum absolute atomic E-state index is 3.76. The van der Waals surface area contributed by atoms with E-state index in [1.807, 2.05) is 6.20 Å². The maximum Gasteiger partial charge on any atom is 0.0279 e. The lowest BCUT2D eigenvalue weighted by atomic mass is 9.76. The minimum Gasteiger partial charge on any atom is -0.389 e. The second-order valence-electron chi connectivity index (χ2n) is 6.31. The molecule has 0 aromatic carbocycles. The molecule has 0 bridgehead atoms. The summed E-state index contributed by atoms with van der Waals surface area (Å²) in [6, 6.07) is 0.662. The molecule has 0 atom stereocenters. The van der Waals surface area contributed by atoms with E-state index in [1.165, 1.54) is 51.6 Å². The highest BCUT2D eigenvalue weighted by Gasteiger charge is 2.36. The molecule has 0 amide bonds. The van der Waals surface area contributed by atoms with E-state index < -0.39 is 0 Å². The Bertz CT molecular complexity index is 246. The summed E-state index contributed by atoms with van der Waals surface area (Å²) in [5.41, 5.74) is 0.492. The molecule has 0 spiro atoms. The normalized spacial score (nSPS) is 36.7. The Balaban J connectivity index is 1.85. The highest BCUT2D eigenvalue weighted by molar-refractivity contribution is 4.94. The summed E-state index contributed by atoms with van der Waals surface area (Å²) in [4.78, 5) is 2.75. The number of rotatable bonds is 3. The lowest BCUT2D eigenvalue weighted by molar-refractivity contribution is 0.0313. The number of nitrogens with zero attached hydrogens (tertiary/aromatic N) is 1. The third-order valence-electron chi connectivity index (χ3n) is 4.96. The number of nitrogens with one attached hydrogen (secondary N) is 1. The Hall–Kier alpha value is -0.500. The van der Waals surface area contributed by atoms with Crippen LogP contribution in [0.25, 0.3) is 0 Å². The molecular weight excluding hydrogens is 208 g/mol. The Morgan fingerprint density at radius 1 is 1.18 bits per heavy atom. The molecule has 0 aromatic heterocycles. The van der Waals surface area contributed by atoms with E-state index in [9.17, 15) is 0 Å². The zero-order valence-corrected chi connectivity index (χ0v) is 11.5. The van der Waals surface area contributed by atoms with E-state index in [0.717, 1.165) is 5.92 Å². The second kappa shape index (κ2) is 5.43. The van der Waals surface area contributed by atoms with Crippen molar-refractivity contribution < 1.29 is 0 Å². The fourth-order valence-corrected chi connectivity index (χ4v) is 3.45. The molecule has 2 aliphatic rings. The predicted molar refractivity (Wildman–Crippen MR) is 74.0 cm³/mol. The number of likely N-dealkylation sites (tertiary alicyclic amines) is 1. The summed E-state index contributed by atoms with van der Waals surface area (Å²) in [7, 11) is 0.